The average Bonchev–Trinajstić information content (AvgIpc) is 3.25. The molecule has 2 aliphatic heterocycles. The summed E-state index contributed by atoms with van der Waals surface area (Å²) >= 11 is 0. The fourth-order valence-corrected chi connectivity index (χ4v) is 4.56. The Morgan fingerprint density at radius 2 is 1.90 bits per heavy atom. The lowest BCUT2D eigenvalue weighted by molar-refractivity contribution is 0.0697. The smallest absolute Gasteiger partial charge is 0.339 e. The van der Waals surface area contributed by atoms with Gasteiger partial charge in [0.25, 0.3) is 0 Å². The van der Waals surface area contributed by atoms with E-state index in [0.29, 0.717) is 18.7 Å². The molecule has 1 atom stereocenters. The van der Waals surface area contributed by atoms with E-state index in [4.69, 9.17) is 4.42 Å². The van der Waals surface area contributed by atoms with E-state index in [0.717, 1.165) is 41.1 Å². The summed E-state index contributed by atoms with van der Waals surface area (Å²) in [6.45, 7) is 1.36. The van der Waals surface area contributed by atoms with Gasteiger partial charge in [0.2, 0.25) is 0 Å². The van der Waals surface area contributed by atoms with Crippen LogP contribution < -0.4 is 4.90 Å². The van der Waals surface area contributed by atoms with Crippen molar-refractivity contribution in [3.8, 4) is 12.3 Å². The number of piperidine rings is 1. The van der Waals surface area contributed by atoms with Crippen LogP contribution in [0.3, 0.4) is 0 Å². The molecule has 31 heavy (non-hydrogen) atoms. The molecule has 0 radical (unpaired) electrons. The lowest BCUT2D eigenvalue weighted by atomic mass is 9.94. The van der Waals surface area contributed by atoms with Gasteiger partial charge in [-0.05, 0) is 43.2 Å². The predicted molar refractivity (Wildman–Crippen MR) is 113 cm³/mol. The molecule has 1 fully saturated rings. The topological polar surface area (TPSA) is 100 Å². The van der Waals surface area contributed by atoms with Crippen LogP contribution in [0.2, 0.25) is 0 Å². The maximum atomic E-state index is 12.8. The second-order valence-electron chi connectivity index (χ2n) is 7.90. The number of fused-ring (bicyclic) bond motifs is 2. The van der Waals surface area contributed by atoms with Crippen LogP contribution in [0.1, 0.15) is 41.9 Å². The molecular weight excluding hydrogens is 392 g/mol. The molecular formula is C23H20N6O2. The van der Waals surface area contributed by atoms with E-state index in [1.54, 1.807) is 25.2 Å². The minimum atomic E-state index is -0.526. The fourth-order valence-electron chi connectivity index (χ4n) is 4.56. The number of anilines is 1. The van der Waals surface area contributed by atoms with Gasteiger partial charge in [-0.2, -0.15) is 10.5 Å². The van der Waals surface area contributed by atoms with Crippen molar-refractivity contribution >= 4 is 22.8 Å². The second-order valence-corrected chi connectivity index (χ2v) is 7.90. The quantitative estimate of drug-likeness (QED) is 0.591. The van der Waals surface area contributed by atoms with Crippen molar-refractivity contribution in [2.24, 2.45) is 0 Å². The molecule has 0 bridgehead atoms. The van der Waals surface area contributed by atoms with Crippen LogP contribution in [0, 0.1) is 22.8 Å². The van der Waals surface area contributed by atoms with Crippen molar-refractivity contribution in [2.75, 3.05) is 25.0 Å². The molecule has 1 aromatic heterocycles. The van der Waals surface area contributed by atoms with Crippen LogP contribution in [0.15, 0.2) is 46.9 Å². The van der Waals surface area contributed by atoms with E-state index >= 15 is 0 Å². The van der Waals surface area contributed by atoms with Crippen LogP contribution in [0.25, 0.3) is 11.1 Å². The minimum Gasteiger partial charge on any atom is -0.440 e. The van der Waals surface area contributed by atoms with E-state index in [-0.39, 0.29) is 11.9 Å². The number of oxazole rings is 1. The highest BCUT2D eigenvalue weighted by molar-refractivity contribution is 5.96. The first-order chi connectivity index (χ1) is 15.1. The molecule has 8 nitrogen and oxygen atoms in total. The van der Waals surface area contributed by atoms with Crippen LogP contribution in [-0.2, 0) is 0 Å². The molecule has 3 heterocycles. The highest BCUT2D eigenvalue weighted by atomic mass is 16.3. The number of urea groups is 1. The van der Waals surface area contributed by atoms with Crippen molar-refractivity contribution in [2.45, 2.75) is 24.9 Å². The van der Waals surface area contributed by atoms with E-state index in [2.05, 4.69) is 22.1 Å². The van der Waals surface area contributed by atoms with E-state index in [9.17, 15) is 15.3 Å². The first kappa shape index (κ1) is 19.1. The third-order valence-electron chi connectivity index (χ3n) is 6.18. The summed E-state index contributed by atoms with van der Waals surface area (Å²) < 4.78 is 5.96. The normalized spacial score (nSPS) is 19.8. The fraction of sp³-hybridized carbons (Fsp3) is 0.304. The molecule has 0 N–H and O–H groups in total. The zero-order valence-electron chi connectivity index (χ0n) is 17.0. The molecule has 0 spiro atoms. The molecule has 1 saturated heterocycles. The summed E-state index contributed by atoms with van der Waals surface area (Å²) in [6.07, 6.45) is 3.14. The first-order valence-corrected chi connectivity index (χ1v) is 10.2. The predicted octanol–water partition coefficient (Wildman–Crippen LogP) is 3.93. The molecule has 2 aliphatic rings. The number of nitriles is 2. The van der Waals surface area contributed by atoms with E-state index in [1.165, 1.54) is 9.80 Å². The first-order valence-electron chi connectivity index (χ1n) is 10.2. The van der Waals surface area contributed by atoms with E-state index in [1.807, 2.05) is 24.3 Å². The number of nitrogens with zero attached hydrogens (tertiary/aromatic N) is 6. The summed E-state index contributed by atoms with van der Waals surface area (Å²) in [5.74, 6) is 0.927. The Kier molecular flexibility index (Phi) is 4.58. The molecule has 0 aliphatic carbocycles. The summed E-state index contributed by atoms with van der Waals surface area (Å²) in [6, 6.07) is 14.8. The number of carbonyl (C=O) groups is 1. The number of aromatic nitrogens is 1. The highest BCUT2D eigenvalue weighted by Crippen LogP contribution is 2.41. The maximum Gasteiger partial charge on any atom is 0.339 e. The van der Waals surface area contributed by atoms with Crippen molar-refractivity contribution in [3.63, 3.8) is 0 Å². The SMILES string of the molecule is CN1C(=O)N(C#N)C(N2CCC(c3nc4ccccc4o3)CC2)c2cc(C#N)ccc21. The Morgan fingerprint density at radius 1 is 1.13 bits per heavy atom. The molecule has 154 valence electrons. The van der Waals surface area contributed by atoms with Crippen molar-refractivity contribution < 1.29 is 9.21 Å². The Labute approximate surface area is 179 Å². The number of para-hydroxylation sites is 2. The highest BCUT2D eigenvalue weighted by Gasteiger charge is 2.41. The van der Waals surface area contributed by atoms with Gasteiger partial charge >= 0.3 is 6.03 Å². The Balaban J connectivity index is 1.43. The minimum absolute atomic E-state index is 0.186. The molecule has 2 amide bonds. The zero-order valence-corrected chi connectivity index (χ0v) is 17.0. The maximum absolute atomic E-state index is 12.8. The van der Waals surface area contributed by atoms with Crippen molar-refractivity contribution in [3.05, 3.63) is 59.5 Å². The van der Waals surface area contributed by atoms with Crippen molar-refractivity contribution in [1.82, 2.24) is 14.8 Å². The largest absolute Gasteiger partial charge is 0.440 e. The van der Waals surface area contributed by atoms with Gasteiger partial charge in [-0.15, -0.1) is 0 Å². The van der Waals surface area contributed by atoms with Crippen LogP contribution in [-0.4, -0.2) is 41.0 Å². The molecule has 3 aromatic rings. The summed E-state index contributed by atoms with van der Waals surface area (Å²) in [4.78, 5) is 22.3. The van der Waals surface area contributed by atoms with Gasteiger partial charge in [-0.1, -0.05) is 12.1 Å². The Morgan fingerprint density at radius 3 is 2.61 bits per heavy atom. The number of carbonyl (C=O) groups excluding carboxylic acids is 1. The number of likely N-dealkylation sites (tertiary alicyclic amines) is 1. The summed E-state index contributed by atoms with van der Waals surface area (Å²) in [5.41, 5.74) is 3.67. The molecule has 5 rings (SSSR count). The molecule has 2 aromatic carbocycles. The summed E-state index contributed by atoms with van der Waals surface area (Å²) in [7, 11) is 1.65. The van der Waals surface area contributed by atoms with Gasteiger partial charge in [-0.25, -0.2) is 14.7 Å². The third-order valence-corrected chi connectivity index (χ3v) is 6.18. The number of benzene rings is 2. The Hall–Kier alpha value is -3.88. The molecule has 0 saturated carbocycles. The lowest BCUT2D eigenvalue weighted by Gasteiger charge is -2.44. The van der Waals surface area contributed by atoms with Crippen LogP contribution >= 0.6 is 0 Å². The van der Waals surface area contributed by atoms with Gasteiger partial charge in [0.05, 0.1) is 17.3 Å². The monoisotopic (exact) mass is 412 g/mol. The van der Waals surface area contributed by atoms with Gasteiger partial charge in [0.1, 0.15) is 11.7 Å². The molecule has 8 heteroatoms. The number of hydrogen-bond donors (Lipinski definition) is 0. The van der Waals surface area contributed by atoms with E-state index < -0.39 is 6.17 Å². The van der Waals surface area contributed by atoms with Crippen molar-refractivity contribution in [1.29, 1.82) is 10.5 Å². The van der Waals surface area contributed by atoms with Crippen LogP contribution in [0.4, 0.5) is 10.5 Å². The number of amides is 2. The summed E-state index contributed by atoms with van der Waals surface area (Å²) in [5, 5.41) is 19.1. The van der Waals surface area contributed by atoms with Gasteiger partial charge in [0.15, 0.2) is 17.7 Å². The van der Waals surface area contributed by atoms with Gasteiger partial charge < -0.3 is 4.42 Å². The Bertz CT molecular complexity index is 1210. The third kappa shape index (κ3) is 3.09. The molecule has 1 unspecified atom stereocenters. The second kappa shape index (κ2) is 7.42. The zero-order chi connectivity index (χ0) is 21.5. The number of hydrogen-bond acceptors (Lipinski definition) is 6. The average molecular weight is 412 g/mol. The van der Waals surface area contributed by atoms with Gasteiger partial charge in [-0.3, -0.25) is 9.80 Å². The lowest BCUT2D eigenvalue weighted by Crippen LogP contribution is -2.52. The van der Waals surface area contributed by atoms with Crippen LogP contribution in [0.5, 0.6) is 0 Å². The number of rotatable bonds is 2. The standard InChI is InChI=1S/C23H20N6O2/c1-27-19-7-6-15(13-24)12-17(19)22(29(14-25)23(27)30)28-10-8-16(9-11-28)21-26-18-4-2-3-5-20(18)31-21/h2-7,12,16,22H,8-11H2,1H3. The van der Waals surface area contributed by atoms with Gasteiger partial charge in [0, 0.05) is 31.6 Å².